The highest BCUT2D eigenvalue weighted by atomic mass is 79.9. The van der Waals surface area contributed by atoms with Crippen molar-refractivity contribution in [3.63, 3.8) is 0 Å². The van der Waals surface area contributed by atoms with Crippen molar-refractivity contribution in [1.29, 1.82) is 0 Å². The second-order valence-electron chi connectivity index (χ2n) is 6.19. The number of pyridine rings is 1. The van der Waals surface area contributed by atoms with Crippen LogP contribution in [0.1, 0.15) is 22.8 Å². The lowest BCUT2D eigenvalue weighted by molar-refractivity contribution is 0.0527. The van der Waals surface area contributed by atoms with Crippen LogP contribution in [0.4, 0.5) is 14.5 Å². The van der Waals surface area contributed by atoms with Crippen LogP contribution in [0.15, 0.2) is 34.9 Å². The summed E-state index contributed by atoms with van der Waals surface area (Å²) < 4.78 is 44.6. The summed E-state index contributed by atoms with van der Waals surface area (Å²) in [6.45, 7) is 1.64. The first-order valence-electron chi connectivity index (χ1n) is 8.98. The van der Waals surface area contributed by atoms with Crippen molar-refractivity contribution in [1.82, 2.24) is 4.98 Å². The number of halogens is 3. The van der Waals surface area contributed by atoms with Crippen LogP contribution < -0.4 is 14.8 Å². The van der Waals surface area contributed by atoms with E-state index in [2.05, 4.69) is 26.2 Å². The van der Waals surface area contributed by atoms with Gasteiger partial charge in [-0.3, -0.25) is 4.98 Å². The van der Waals surface area contributed by atoms with Crippen LogP contribution in [-0.4, -0.2) is 31.8 Å². The first-order chi connectivity index (χ1) is 14.4. The number of hydrogen-bond acceptors (Lipinski definition) is 6. The van der Waals surface area contributed by atoms with Crippen molar-refractivity contribution in [3.8, 4) is 11.5 Å². The summed E-state index contributed by atoms with van der Waals surface area (Å²) in [5.74, 6) is -1.18. The molecule has 3 rings (SSSR count). The standard InChI is InChI=1S/C21H19BrF2N2O4/c1-4-30-21(27)14-10-25-17-8-19(29-3)18(28-2)7-12(17)20(14)26-9-13-15(23)5-11(22)6-16(13)24/h5-8,10H,4,9H2,1-3H3,(H,25,26). The number of nitrogens with one attached hydrogen (secondary N) is 1. The van der Waals surface area contributed by atoms with Crippen molar-refractivity contribution >= 4 is 38.5 Å². The number of rotatable bonds is 7. The third kappa shape index (κ3) is 4.30. The average molecular weight is 481 g/mol. The van der Waals surface area contributed by atoms with Gasteiger partial charge in [0, 0.05) is 34.2 Å². The first-order valence-corrected chi connectivity index (χ1v) is 9.78. The van der Waals surface area contributed by atoms with Gasteiger partial charge in [-0.1, -0.05) is 15.9 Å². The lowest BCUT2D eigenvalue weighted by Gasteiger charge is -2.16. The summed E-state index contributed by atoms with van der Waals surface area (Å²) in [7, 11) is 2.97. The SMILES string of the molecule is CCOC(=O)c1cnc2cc(OC)c(OC)cc2c1NCc1c(F)cc(Br)cc1F. The minimum atomic E-state index is -0.718. The number of benzene rings is 2. The van der Waals surface area contributed by atoms with Crippen LogP contribution in [0.25, 0.3) is 10.9 Å². The fraction of sp³-hybridized carbons (Fsp3) is 0.238. The van der Waals surface area contributed by atoms with Gasteiger partial charge in [0.05, 0.1) is 32.0 Å². The van der Waals surface area contributed by atoms with E-state index in [0.29, 0.717) is 32.6 Å². The molecule has 0 atom stereocenters. The van der Waals surface area contributed by atoms with Crippen LogP contribution >= 0.6 is 15.9 Å². The minimum absolute atomic E-state index is 0.134. The number of methoxy groups -OCH3 is 2. The van der Waals surface area contributed by atoms with Crippen LogP contribution in [-0.2, 0) is 11.3 Å². The fourth-order valence-electron chi connectivity index (χ4n) is 2.99. The first kappa shape index (κ1) is 21.8. The highest BCUT2D eigenvalue weighted by Gasteiger charge is 2.20. The fourth-order valence-corrected chi connectivity index (χ4v) is 3.39. The van der Waals surface area contributed by atoms with Gasteiger partial charge in [0.25, 0.3) is 0 Å². The van der Waals surface area contributed by atoms with Gasteiger partial charge in [-0.15, -0.1) is 0 Å². The predicted octanol–water partition coefficient (Wildman–Crippen LogP) is 5.08. The summed E-state index contributed by atoms with van der Waals surface area (Å²) in [6, 6.07) is 5.63. The Morgan fingerprint density at radius 3 is 2.33 bits per heavy atom. The highest BCUT2D eigenvalue weighted by molar-refractivity contribution is 9.10. The monoisotopic (exact) mass is 480 g/mol. The molecule has 3 aromatic rings. The second-order valence-corrected chi connectivity index (χ2v) is 7.11. The summed E-state index contributed by atoms with van der Waals surface area (Å²) in [5, 5.41) is 3.48. The zero-order chi connectivity index (χ0) is 21.8. The number of carbonyl (C=O) groups excluding carboxylic acids is 1. The van der Waals surface area contributed by atoms with Gasteiger partial charge in [-0.2, -0.15) is 0 Å². The molecule has 0 bridgehead atoms. The van der Waals surface area contributed by atoms with E-state index < -0.39 is 17.6 Å². The van der Waals surface area contributed by atoms with Crippen LogP contribution in [0.5, 0.6) is 11.5 Å². The molecule has 0 amide bonds. The Morgan fingerprint density at radius 2 is 1.73 bits per heavy atom. The Balaban J connectivity index is 2.13. The molecule has 1 N–H and O–H groups in total. The number of hydrogen-bond donors (Lipinski definition) is 1. The quantitative estimate of drug-likeness (QED) is 0.475. The third-order valence-corrected chi connectivity index (χ3v) is 4.87. The van der Waals surface area contributed by atoms with Crippen molar-refractivity contribution in [3.05, 3.63) is 57.7 Å². The molecule has 0 aliphatic carbocycles. The van der Waals surface area contributed by atoms with E-state index in [1.165, 1.54) is 32.5 Å². The van der Waals surface area contributed by atoms with E-state index in [1.807, 2.05) is 0 Å². The number of fused-ring (bicyclic) bond motifs is 1. The molecular formula is C21H19BrF2N2O4. The molecular weight excluding hydrogens is 462 g/mol. The van der Waals surface area contributed by atoms with Gasteiger partial charge in [0.1, 0.15) is 17.2 Å². The molecule has 0 radical (unpaired) electrons. The van der Waals surface area contributed by atoms with E-state index >= 15 is 0 Å². The van der Waals surface area contributed by atoms with E-state index in [1.54, 1.807) is 19.1 Å². The third-order valence-electron chi connectivity index (χ3n) is 4.42. The molecule has 9 heteroatoms. The summed E-state index contributed by atoms with van der Waals surface area (Å²) >= 11 is 3.06. The van der Waals surface area contributed by atoms with Gasteiger partial charge < -0.3 is 19.5 Å². The number of nitrogens with zero attached hydrogens (tertiary/aromatic N) is 1. The minimum Gasteiger partial charge on any atom is -0.493 e. The second kappa shape index (κ2) is 9.25. The summed E-state index contributed by atoms with van der Waals surface area (Å²) in [4.78, 5) is 16.8. The van der Waals surface area contributed by atoms with Gasteiger partial charge >= 0.3 is 5.97 Å². The largest absolute Gasteiger partial charge is 0.493 e. The Morgan fingerprint density at radius 1 is 1.10 bits per heavy atom. The van der Waals surface area contributed by atoms with Gasteiger partial charge in [-0.25, -0.2) is 13.6 Å². The Labute approximate surface area is 180 Å². The number of esters is 1. The molecule has 6 nitrogen and oxygen atoms in total. The molecule has 1 aromatic heterocycles. The summed E-state index contributed by atoms with van der Waals surface area (Å²) in [5.41, 5.74) is 0.786. The normalized spacial score (nSPS) is 10.7. The van der Waals surface area contributed by atoms with Gasteiger partial charge in [-0.05, 0) is 25.1 Å². The smallest absolute Gasteiger partial charge is 0.341 e. The average Bonchev–Trinajstić information content (AvgIpc) is 2.71. The van der Waals surface area contributed by atoms with E-state index in [0.717, 1.165) is 0 Å². The lowest BCUT2D eigenvalue weighted by Crippen LogP contribution is -2.12. The van der Waals surface area contributed by atoms with Crippen LogP contribution in [0.3, 0.4) is 0 Å². The number of carbonyl (C=O) groups is 1. The predicted molar refractivity (Wildman–Crippen MR) is 112 cm³/mol. The van der Waals surface area contributed by atoms with E-state index in [4.69, 9.17) is 14.2 Å². The van der Waals surface area contributed by atoms with Crippen molar-refractivity contribution < 1.29 is 27.8 Å². The maximum Gasteiger partial charge on any atom is 0.341 e. The van der Waals surface area contributed by atoms with Gasteiger partial charge in [0.2, 0.25) is 0 Å². The summed E-state index contributed by atoms with van der Waals surface area (Å²) in [6.07, 6.45) is 1.35. The zero-order valence-corrected chi connectivity index (χ0v) is 18.1. The Kier molecular flexibility index (Phi) is 6.71. The topological polar surface area (TPSA) is 69.7 Å². The molecule has 30 heavy (non-hydrogen) atoms. The van der Waals surface area contributed by atoms with Crippen molar-refractivity contribution in [2.24, 2.45) is 0 Å². The lowest BCUT2D eigenvalue weighted by atomic mass is 10.1. The number of ether oxygens (including phenoxy) is 3. The van der Waals surface area contributed by atoms with Crippen molar-refractivity contribution in [2.75, 3.05) is 26.1 Å². The Hall–Kier alpha value is -2.94. The van der Waals surface area contributed by atoms with E-state index in [9.17, 15) is 13.6 Å². The molecule has 0 saturated carbocycles. The van der Waals surface area contributed by atoms with Crippen molar-refractivity contribution in [2.45, 2.75) is 13.5 Å². The number of aromatic nitrogens is 1. The maximum absolute atomic E-state index is 14.3. The zero-order valence-electron chi connectivity index (χ0n) is 16.5. The van der Waals surface area contributed by atoms with Crippen LogP contribution in [0, 0.1) is 11.6 Å². The molecule has 0 unspecified atom stereocenters. The molecule has 2 aromatic carbocycles. The molecule has 0 aliphatic rings. The molecule has 0 aliphatic heterocycles. The Bertz CT molecular complexity index is 1090. The maximum atomic E-state index is 14.3. The van der Waals surface area contributed by atoms with Crippen LogP contribution in [0.2, 0.25) is 0 Å². The molecule has 1 heterocycles. The number of anilines is 1. The molecule has 0 spiro atoms. The molecule has 0 fully saturated rings. The van der Waals surface area contributed by atoms with E-state index in [-0.39, 0.29) is 24.3 Å². The highest BCUT2D eigenvalue weighted by Crippen LogP contribution is 2.36. The molecule has 0 saturated heterocycles. The molecule has 158 valence electrons. The van der Waals surface area contributed by atoms with Gasteiger partial charge in [0.15, 0.2) is 11.5 Å².